The second-order valence-electron chi connectivity index (χ2n) is 3.14. The highest BCUT2D eigenvalue weighted by Crippen LogP contribution is 2.20. The van der Waals surface area contributed by atoms with Gasteiger partial charge in [0.15, 0.2) is 0 Å². The molecule has 1 aromatic heterocycles. The Bertz CT molecular complexity index is 434. The number of hydrogen-bond donors (Lipinski definition) is 1. The Balaban J connectivity index is 0.00000128. The third-order valence-electron chi connectivity index (χ3n) is 2.02. The number of aromatic nitrogens is 1. The summed E-state index contributed by atoms with van der Waals surface area (Å²) < 4.78 is 5.63. The largest absolute Gasteiger partial charge is 0.457 e. The number of ether oxygens (including phenoxy) is 1. The van der Waals surface area contributed by atoms with Crippen molar-refractivity contribution in [2.24, 2.45) is 5.73 Å². The molecule has 2 N–H and O–H groups in total. The Hall–Kier alpha value is -1.87. The summed E-state index contributed by atoms with van der Waals surface area (Å²) in [5.41, 5.74) is 6.60. The van der Waals surface area contributed by atoms with Crippen LogP contribution in [-0.4, -0.2) is 4.98 Å². The quantitative estimate of drug-likeness (QED) is 0.832. The molecule has 2 aromatic rings. The van der Waals surface area contributed by atoms with Gasteiger partial charge in [-0.1, -0.05) is 12.1 Å². The van der Waals surface area contributed by atoms with Crippen molar-refractivity contribution in [1.29, 1.82) is 0 Å². The monoisotopic (exact) mass is 202 g/mol. The fraction of sp³-hybridized carbons (Fsp3) is 0.0833. The van der Waals surface area contributed by atoms with E-state index in [1.54, 1.807) is 12.4 Å². The standard InChI is InChI=1S/C12H12N2O.H2/c13-9-10-2-1-3-12(8-10)15-11-4-6-14-7-5-11;/h1-8H,9,13H2;1H. The van der Waals surface area contributed by atoms with Crippen LogP contribution in [0.3, 0.4) is 0 Å². The molecule has 0 bridgehead atoms. The van der Waals surface area contributed by atoms with Gasteiger partial charge in [-0.3, -0.25) is 4.98 Å². The van der Waals surface area contributed by atoms with E-state index in [4.69, 9.17) is 10.5 Å². The van der Waals surface area contributed by atoms with Crippen molar-refractivity contribution in [2.75, 3.05) is 0 Å². The van der Waals surface area contributed by atoms with Gasteiger partial charge in [0.2, 0.25) is 0 Å². The third-order valence-corrected chi connectivity index (χ3v) is 2.02. The minimum atomic E-state index is 0. The first-order chi connectivity index (χ1) is 7.38. The van der Waals surface area contributed by atoms with Crippen molar-refractivity contribution in [3.05, 3.63) is 54.4 Å². The number of rotatable bonds is 3. The molecule has 0 saturated heterocycles. The second-order valence-corrected chi connectivity index (χ2v) is 3.14. The highest BCUT2D eigenvalue weighted by molar-refractivity contribution is 5.32. The average molecular weight is 202 g/mol. The van der Waals surface area contributed by atoms with Crippen molar-refractivity contribution < 1.29 is 6.16 Å². The molecule has 0 aliphatic heterocycles. The summed E-state index contributed by atoms with van der Waals surface area (Å²) in [5, 5.41) is 0. The Morgan fingerprint density at radius 2 is 1.93 bits per heavy atom. The van der Waals surface area contributed by atoms with Crippen LogP contribution in [0.25, 0.3) is 0 Å². The van der Waals surface area contributed by atoms with Crippen LogP contribution in [0.2, 0.25) is 0 Å². The van der Waals surface area contributed by atoms with Crippen LogP contribution in [0.5, 0.6) is 11.5 Å². The van der Waals surface area contributed by atoms with Crippen LogP contribution in [0.15, 0.2) is 48.8 Å². The molecule has 3 heteroatoms. The van der Waals surface area contributed by atoms with Gasteiger partial charge in [-0.05, 0) is 29.8 Å². The molecule has 0 amide bonds. The first kappa shape index (κ1) is 9.68. The third kappa shape index (κ3) is 2.54. The summed E-state index contributed by atoms with van der Waals surface area (Å²) in [6.45, 7) is 0.521. The lowest BCUT2D eigenvalue weighted by molar-refractivity contribution is 0.481. The molecule has 2 rings (SSSR count). The maximum Gasteiger partial charge on any atom is 0.130 e. The van der Waals surface area contributed by atoms with Crippen LogP contribution in [0.1, 0.15) is 6.99 Å². The lowest BCUT2D eigenvalue weighted by atomic mass is 10.2. The van der Waals surface area contributed by atoms with E-state index >= 15 is 0 Å². The number of hydrogen-bond acceptors (Lipinski definition) is 3. The zero-order valence-corrected chi connectivity index (χ0v) is 8.26. The first-order valence-corrected chi connectivity index (χ1v) is 4.75. The molecule has 0 aliphatic rings. The van der Waals surface area contributed by atoms with E-state index < -0.39 is 0 Å². The Labute approximate surface area is 90.0 Å². The fourth-order valence-electron chi connectivity index (χ4n) is 1.28. The Morgan fingerprint density at radius 1 is 1.13 bits per heavy atom. The van der Waals surface area contributed by atoms with E-state index in [1.165, 1.54) is 0 Å². The molecule has 0 radical (unpaired) electrons. The highest BCUT2D eigenvalue weighted by Gasteiger charge is 1.97. The summed E-state index contributed by atoms with van der Waals surface area (Å²) in [6.07, 6.45) is 3.39. The van der Waals surface area contributed by atoms with Crippen LogP contribution >= 0.6 is 0 Å². The number of nitrogens with zero attached hydrogens (tertiary/aromatic N) is 1. The molecule has 78 valence electrons. The molecule has 3 nitrogen and oxygen atoms in total. The first-order valence-electron chi connectivity index (χ1n) is 4.75. The smallest absolute Gasteiger partial charge is 0.130 e. The minimum Gasteiger partial charge on any atom is -0.457 e. The second kappa shape index (κ2) is 4.57. The molecule has 15 heavy (non-hydrogen) atoms. The molecular formula is C12H14N2O. The normalized spacial score (nSPS) is 9.93. The van der Waals surface area contributed by atoms with Crippen LogP contribution < -0.4 is 10.5 Å². The summed E-state index contributed by atoms with van der Waals surface area (Å²) >= 11 is 0. The van der Waals surface area contributed by atoms with Gasteiger partial charge in [-0.15, -0.1) is 0 Å². The molecule has 1 heterocycles. The molecule has 0 unspecified atom stereocenters. The maximum absolute atomic E-state index is 5.63. The van der Waals surface area contributed by atoms with E-state index in [-0.39, 0.29) is 1.43 Å². The van der Waals surface area contributed by atoms with Gasteiger partial charge >= 0.3 is 0 Å². The summed E-state index contributed by atoms with van der Waals surface area (Å²) in [6, 6.07) is 11.4. The van der Waals surface area contributed by atoms with Gasteiger partial charge in [-0.2, -0.15) is 0 Å². The van der Waals surface area contributed by atoms with Crippen LogP contribution in [-0.2, 0) is 6.54 Å². The predicted molar refractivity (Wildman–Crippen MR) is 60.8 cm³/mol. The predicted octanol–water partition coefficient (Wildman–Crippen LogP) is 2.58. The lowest BCUT2D eigenvalue weighted by Gasteiger charge is -2.06. The zero-order chi connectivity index (χ0) is 10.5. The Morgan fingerprint density at radius 3 is 2.67 bits per heavy atom. The van der Waals surface area contributed by atoms with Crippen LogP contribution in [0, 0.1) is 0 Å². The van der Waals surface area contributed by atoms with E-state index in [2.05, 4.69) is 4.98 Å². The maximum atomic E-state index is 5.63. The highest BCUT2D eigenvalue weighted by atomic mass is 16.5. The minimum absolute atomic E-state index is 0. The van der Waals surface area contributed by atoms with Crippen LogP contribution in [0.4, 0.5) is 0 Å². The molecule has 0 fully saturated rings. The molecule has 1 aromatic carbocycles. The van der Waals surface area contributed by atoms with Gasteiger partial charge in [-0.25, -0.2) is 0 Å². The SMILES string of the molecule is NCc1cccc(Oc2ccncc2)c1.[HH]. The molecule has 0 saturated carbocycles. The van der Waals surface area contributed by atoms with Gasteiger partial charge < -0.3 is 10.5 Å². The molecular weight excluding hydrogens is 188 g/mol. The van der Waals surface area contributed by atoms with E-state index in [0.29, 0.717) is 6.54 Å². The molecule has 0 atom stereocenters. The lowest BCUT2D eigenvalue weighted by Crippen LogP contribution is -1.96. The summed E-state index contributed by atoms with van der Waals surface area (Å²) in [5.74, 6) is 1.57. The van der Waals surface area contributed by atoms with E-state index in [0.717, 1.165) is 17.1 Å². The van der Waals surface area contributed by atoms with E-state index in [9.17, 15) is 0 Å². The topological polar surface area (TPSA) is 48.1 Å². The van der Waals surface area contributed by atoms with Gasteiger partial charge in [0, 0.05) is 20.4 Å². The molecule has 0 aliphatic carbocycles. The fourth-order valence-corrected chi connectivity index (χ4v) is 1.28. The Kier molecular flexibility index (Phi) is 2.95. The summed E-state index contributed by atoms with van der Waals surface area (Å²) in [7, 11) is 0. The summed E-state index contributed by atoms with van der Waals surface area (Å²) in [4.78, 5) is 3.92. The average Bonchev–Trinajstić information content (AvgIpc) is 2.31. The van der Waals surface area contributed by atoms with Crippen molar-refractivity contribution in [3.63, 3.8) is 0 Å². The van der Waals surface area contributed by atoms with Crippen molar-refractivity contribution in [2.45, 2.75) is 6.54 Å². The van der Waals surface area contributed by atoms with Crippen molar-refractivity contribution >= 4 is 0 Å². The van der Waals surface area contributed by atoms with E-state index in [1.807, 2.05) is 36.4 Å². The van der Waals surface area contributed by atoms with Gasteiger partial charge in [0.05, 0.1) is 0 Å². The number of nitrogens with two attached hydrogens (primary N) is 1. The zero-order valence-electron chi connectivity index (χ0n) is 8.26. The van der Waals surface area contributed by atoms with Crippen molar-refractivity contribution in [3.8, 4) is 11.5 Å². The number of pyridine rings is 1. The van der Waals surface area contributed by atoms with Gasteiger partial charge in [0.1, 0.15) is 11.5 Å². The van der Waals surface area contributed by atoms with Crippen molar-refractivity contribution in [1.82, 2.24) is 4.98 Å². The van der Waals surface area contributed by atoms with Gasteiger partial charge in [0.25, 0.3) is 0 Å². The number of benzene rings is 1. The molecule has 0 spiro atoms.